The maximum atomic E-state index is 10.1. The smallest absolute Gasteiger partial charge is 0.267 e. The molecule has 0 spiro atoms. The van der Waals surface area contributed by atoms with Gasteiger partial charge in [-0.15, -0.1) is 30.5 Å². The number of hydrazine groups is 4. The molecule has 54 heavy (non-hydrogen) atoms. The van der Waals surface area contributed by atoms with Gasteiger partial charge in [0.25, 0.3) is 5.82 Å². The Morgan fingerprint density at radius 3 is 1.57 bits per heavy atom. The van der Waals surface area contributed by atoms with Crippen LogP contribution in [0, 0.1) is 60.1 Å². The zero-order valence-corrected chi connectivity index (χ0v) is 28.6. The largest absolute Gasteiger partial charge is 0.371 e. The maximum absolute atomic E-state index is 10.1. The molecule has 0 radical (unpaired) electrons. The fourth-order valence-electron chi connectivity index (χ4n) is 3.53. The zero-order chi connectivity index (χ0) is 41.0. The van der Waals surface area contributed by atoms with Crippen LogP contribution in [0.5, 0.6) is 0 Å². The molecule has 34 heteroatoms. The van der Waals surface area contributed by atoms with Crippen molar-refractivity contribution in [1.29, 1.82) is 0 Å². The molecule has 4 fully saturated rings. The molecule has 0 saturated carbocycles. The Bertz CT molecular complexity index is 1230. The Morgan fingerprint density at radius 2 is 1.26 bits per heavy atom. The first-order valence-electron chi connectivity index (χ1n) is 15.1. The van der Waals surface area contributed by atoms with Gasteiger partial charge >= 0.3 is 0 Å². The van der Waals surface area contributed by atoms with Crippen LogP contribution in [0.15, 0.2) is 62.2 Å². The molecule has 0 aromatic heterocycles. The molecule has 34 nitrogen and oxygen atoms in total. The van der Waals surface area contributed by atoms with E-state index in [0.29, 0.717) is 37.5 Å². The van der Waals surface area contributed by atoms with Gasteiger partial charge in [-0.25, -0.2) is 40.5 Å². The van der Waals surface area contributed by atoms with Gasteiger partial charge in [-0.3, -0.25) is 10.3 Å². The molecule has 14 N–H and O–H groups in total. The van der Waals surface area contributed by atoms with Crippen LogP contribution < -0.4 is 69.6 Å². The Balaban J connectivity index is 0. The lowest BCUT2D eigenvalue weighted by Crippen LogP contribution is -2.87. The van der Waals surface area contributed by atoms with Gasteiger partial charge in [-0.1, -0.05) is 17.4 Å². The fraction of sp³-hybridized carbons (Fsp3) is 0.650. The summed E-state index contributed by atoms with van der Waals surface area (Å²) in [5.74, 6) is 2.17. The lowest BCUT2D eigenvalue weighted by molar-refractivity contribution is -0.668. The summed E-state index contributed by atoms with van der Waals surface area (Å²) < 4.78 is 0. The Morgan fingerprint density at radius 1 is 0.759 bits per heavy atom. The summed E-state index contributed by atoms with van der Waals surface area (Å²) in [6.07, 6.45) is 1.96. The predicted molar refractivity (Wildman–Crippen MR) is 185 cm³/mol. The lowest BCUT2D eigenvalue weighted by Gasteiger charge is -2.04. The van der Waals surface area contributed by atoms with Crippen LogP contribution >= 0.6 is 0 Å². The Labute approximate surface area is 303 Å². The Hall–Kier alpha value is -7.39. The number of nitrogens with one attached hydrogen (secondary N) is 12. The van der Waals surface area contributed by atoms with Gasteiger partial charge in [-0.2, -0.15) is 0 Å². The van der Waals surface area contributed by atoms with Crippen LogP contribution in [0.1, 0.15) is 6.92 Å². The van der Waals surface area contributed by atoms with Crippen molar-refractivity contribution in [3.8, 4) is 0 Å². The van der Waals surface area contributed by atoms with Gasteiger partial charge in [0.1, 0.15) is 51.7 Å². The minimum atomic E-state index is -0.888. The molecule has 5 rings (SSSR count). The van der Waals surface area contributed by atoms with E-state index in [1.54, 1.807) is 32.0 Å². The second kappa shape index (κ2) is 32.8. The molecular weight excluding hydrogens is 740 g/mol. The van der Waals surface area contributed by atoms with Crippen molar-refractivity contribution in [2.75, 3.05) is 72.0 Å². The third-order valence-electron chi connectivity index (χ3n) is 5.57. The highest BCUT2D eigenvalue weighted by Gasteiger charge is 2.19. The number of hydrogen-bond donors (Lipinski definition) is 13. The molecule has 4 saturated heterocycles. The molecule has 1 atom stereocenters. The van der Waals surface area contributed by atoms with Crippen molar-refractivity contribution in [3.63, 3.8) is 0 Å². The van der Waals surface area contributed by atoms with Crippen molar-refractivity contribution < 1.29 is 25.4 Å². The summed E-state index contributed by atoms with van der Waals surface area (Å²) in [7, 11) is 0. The molecule has 0 aromatic rings. The molecule has 5 heterocycles. The van der Waals surface area contributed by atoms with E-state index in [2.05, 4.69) is 66.3 Å². The molecule has 5 aliphatic rings. The number of amidine groups is 1. The van der Waals surface area contributed by atoms with E-state index in [-0.39, 0.29) is 18.2 Å². The van der Waals surface area contributed by atoms with Crippen LogP contribution in [0.2, 0.25) is 0 Å². The summed E-state index contributed by atoms with van der Waals surface area (Å²) in [5, 5.41) is 68.6. The van der Waals surface area contributed by atoms with Gasteiger partial charge in [0.2, 0.25) is 0 Å². The topological polar surface area (TPSA) is 464 Å². The van der Waals surface area contributed by atoms with Crippen LogP contribution in [-0.2, 0) is 0 Å². The molecule has 0 aromatic carbocycles. The van der Waals surface area contributed by atoms with Gasteiger partial charge in [-0.05, 0) is 0 Å². The minimum Gasteiger partial charge on any atom is -0.371 e. The van der Waals surface area contributed by atoms with E-state index < -0.39 is 20.1 Å². The third-order valence-corrected chi connectivity index (χ3v) is 5.57. The van der Waals surface area contributed by atoms with E-state index >= 15 is 0 Å². The average Bonchev–Trinajstić information content (AvgIpc) is 3.98. The third kappa shape index (κ3) is 31.9. The molecule has 0 aliphatic carbocycles. The molecule has 0 amide bonds. The van der Waals surface area contributed by atoms with E-state index in [1.165, 1.54) is 19.3 Å². The first-order chi connectivity index (χ1) is 25.8. The van der Waals surface area contributed by atoms with Crippen LogP contribution in [0.25, 0.3) is 0 Å². The highest BCUT2D eigenvalue weighted by Crippen LogP contribution is 1.95. The zero-order valence-electron chi connectivity index (χ0n) is 28.6. The van der Waals surface area contributed by atoms with Crippen molar-refractivity contribution in [2.45, 2.75) is 13.1 Å². The van der Waals surface area contributed by atoms with Crippen molar-refractivity contribution in [2.24, 2.45) is 26.1 Å². The summed E-state index contributed by atoms with van der Waals surface area (Å²) in [5.41, 5.74) is 7.29. The standard InChI is InChI=1S/C4H8N6O4.2C4H8N4O2.C4H10N2.C4H8N2.2N2O2/c11-9(12)7-4(8-10(13)14)3-5-1-2-6-3;2*9-8(10)7-3-4-5-1-2-6-4;2*1-4-5-2-3-6-4;2*3-1-2-4/h5-8H,1-2H2;7H,1-3H2,(H,5,6);3,5-7H,1-2H2;4-6H,2-3H2,1H3;5-6H,1-3H2;;/p+1. The number of rotatable bonds is 11. The molecule has 0 bridgehead atoms. The minimum absolute atomic E-state index is 0.187. The first kappa shape index (κ1) is 48.7. The summed E-state index contributed by atoms with van der Waals surface area (Å²) >= 11 is 0. The SMILES string of the molecule is C=C1NCCN1.CC1NCC[NH2+]1.O=NN=O.O=NN=O.O=[N+]([O-])NC(N[N+](=O)[O-])=C1NCCN1.O=[N+]([O-])NC=C1NCCN1.O=[N+]([O-])NCC1=NCCN1. The van der Waals surface area contributed by atoms with Gasteiger partial charge in [0, 0.05) is 59.3 Å². The number of nitrogens with two attached hydrogens (primary N) is 1. The van der Waals surface area contributed by atoms with E-state index in [0.717, 1.165) is 38.5 Å². The Kier molecular flexibility index (Phi) is 29.6. The second-order valence-electron chi connectivity index (χ2n) is 9.41. The fourth-order valence-corrected chi connectivity index (χ4v) is 3.53. The van der Waals surface area contributed by atoms with Crippen molar-refractivity contribution >= 4 is 5.84 Å². The van der Waals surface area contributed by atoms with E-state index in [9.17, 15) is 40.5 Å². The quantitative estimate of drug-likeness (QED) is 0.0528. The summed E-state index contributed by atoms with van der Waals surface area (Å²) in [4.78, 5) is 77.4. The number of aliphatic imine (C=N–C) groups is 1. The predicted octanol–water partition coefficient (Wildman–Crippen LogP) is -5.59. The monoisotopic (exact) mass is 783 g/mol. The number of nitroso groups, excluding NO2 is 4. The number of hydrogen-bond acceptors (Lipinski definition) is 21. The van der Waals surface area contributed by atoms with Crippen molar-refractivity contribution in [3.05, 3.63) is 96.1 Å². The number of quaternary nitrogens is 1. The van der Waals surface area contributed by atoms with Crippen molar-refractivity contribution in [1.82, 2.24) is 64.2 Å². The summed E-state index contributed by atoms with van der Waals surface area (Å²) in [6, 6.07) is 0. The molecule has 1 unspecified atom stereocenters. The summed E-state index contributed by atoms with van der Waals surface area (Å²) in [6.45, 7) is 14.7. The van der Waals surface area contributed by atoms with E-state index in [4.69, 9.17) is 19.6 Å². The molecule has 304 valence electrons. The molecular formula is C20H43N22O12+. The highest BCUT2D eigenvalue weighted by molar-refractivity contribution is 5.85. The van der Waals surface area contributed by atoms with Gasteiger partial charge < -0.3 is 42.5 Å². The van der Waals surface area contributed by atoms with Crippen LogP contribution in [0.3, 0.4) is 0 Å². The number of nitro groups is 4. The first-order valence-corrected chi connectivity index (χ1v) is 15.1. The van der Waals surface area contributed by atoms with Gasteiger partial charge in [0.05, 0.1) is 18.9 Å². The number of nitrogens with zero attached hydrogens (tertiary/aromatic N) is 9. The van der Waals surface area contributed by atoms with Crippen LogP contribution in [0.4, 0.5) is 0 Å². The lowest BCUT2D eigenvalue weighted by atomic mass is 10.6. The highest BCUT2D eigenvalue weighted by atomic mass is 16.7. The van der Waals surface area contributed by atoms with E-state index in [1.807, 2.05) is 10.9 Å². The maximum Gasteiger partial charge on any atom is 0.267 e. The normalized spacial score (nSPS) is 16.1. The van der Waals surface area contributed by atoms with Gasteiger partial charge in [0.15, 0.2) is 26.0 Å². The molecule has 5 aliphatic heterocycles. The average molecular weight is 784 g/mol. The van der Waals surface area contributed by atoms with Crippen LogP contribution in [-0.4, -0.2) is 104 Å². The second-order valence-corrected chi connectivity index (χ2v) is 9.41.